The summed E-state index contributed by atoms with van der Waals surface area (Å²) in [6.45, 7) is 0. The van der Waals surface area contributed by atoms with Crippen LogP contribution in [0, 0.1) is 0 Å². The van der Waals surface area contributed by atoms with Crippen LogP contribution >= 0.6 is 0 Å². The van der Waals surface area contributed by atoms with Crippen LogP contribution in [0.4, 0.5) is 26.3 Å². The van der Waals surface area contributed by atoms with Gasteiger partial charge in [0.05, 0.1) is 0 Å². The second-order valence-electron chi connectivity index (χ2n) is 1.51. The van der Waals surface area contributed by atoms with Gasteiger partial charge in [0, 0.05) is 0 Å². The fraction of sp³-hybridized carbons (Fsp3) is 0. The van der Waals surface area contributed by atoms with Crippen LogP contribution < -0.4 is 0 Å². The summed E-state index contributed by atoms with van der Waals surface area (Å²) in [6, 6.07) is 0. The molecular formula is C4F6Zn. The summed E-state index contributed by atoms with van der Waals surface area (Å²) in [4.78, 5) is 0. The third-order valence-corrected chi connectivity index (χ3v) is 3.14. The molecule has 0 saturated heterocycles. The molecule has 0 nitrogen and oxygen atoms in total. The molecule has 0 unspecified atom stereocenters. The van der Waals surface area contributed by atoms with E-state index in [1.165, 1.54) is 0 Å². The van der Waals surface area contributed by atoms with Crippen molar-refractivity contribution in [2.45, 2.75) is 0 Å². The van der Waals surface area contributed by atoms with Gasteiger partial charge in [0.1, 0.15) is 0 Å². The standard InChI is InChI=1S/2C2F3.Zn/c2*3-1-2(4)5;. The summed E-state index contributed by atoms with van der Waals surface area (Å²) in [5, 5.41) is 0. The SMILES string of the molecule is FC(F)=[C](F)[Zn][C](F)=C(F)F. The summed E-state index contributed by atoms with van der Waals surface area (Å²) in [6.07, 6.45) is -5.41. The molecule has 0 saturated carbocycles. The molecule has 0 radical (unpaired) electrons. The van der Waals surface area contributed by atoms with Gasteiger partial charge in [-0.25, -0.2) is 0 Å². The van der Waals surface area contributed by atoms with Gasteiger partial charge < -0.3 is 0 Å². The Morgan fingerprint density at radius 2 is 0.909 bits per heavy atom. The van der Waals surface area contributed by atoms with Crippen molar-refractivity contribution in [2.24, 2.45) is 0 Å². The fourth-order valence-electron chi connectivity index (χ4n) is 0.270. The van der Waals surface area contributed by atoms with E-state index < -0.39 is 38.1 Å². The Balaban J connectivity index is 4.30. The van der Waals surface area contributed by atoms with E-state index in [4.69, 9.17) is 0 Å². The van der Waals surface area contributed by atoms with Gasteiger partial charge in [-0.2, -0.15) is 0 Å². The molecule has 60 valence electrons. The van der Waals surface area contributed by atoms with Gasteiger partial charge in [0.15, 0.2) is 0 Å². The normalized spacial score (nSPS) is 8.55. The molecular weight excluding hydrogens is 227 g/mol. The molecule has 0 aromatic carbocycles. The topological polar surface area (TPSA) is 0 Å². The molecule has 0 aliphatic carbocycles. The van der Waals surface area contributed by atoms with Crippen molar-refractivity contribution in [1.29, 1.82) is 0 Å². The first-order valence-electron chi connectivity index (χ1n) is 2.34. The first-order valence-corrected chi connectivity index (χ1v) is 5.31. The minimum atomic E-state index is -3.34. The van der Waals surface area contributed by atoms with Crippen molar-refractivity contribution < 1.29 is 43.5 Å². The maximum atomic E-state index is 11.7. The molecule has 0 aromatic rings. The van der Waals surface area contributed by atoms with Crippen LogP contribution in [-0.4, -0.2) is 0 Å². The summed E-state index contributed by atoms with van der Waals surface area (Å²) < 4.78 is 64.2. The van der Waals surface area contributed by atoms with Crippen LogP contribution in [0.5, 0.6) is 0 Å². The van der Waals surface area contributed by atoms with Gasteiger partial charge in [-0.05, 0) is 0 Å². The Labute approximate surface area is 65.2 Å². The zero-order chi connectivity index (χ0) is 9.02. The Bertz CT molecular complexity index is 177. The van der Waals surface area contributed by atoms with Crippen molar-refractivity contribution in [1.82, 2.24) is 0 Å². The zero-order valence-electron chi connectivity index (χ0n) is 4.97. The second-order valence-corrected chi connectivity index (χ2v) is 4.85. The van der Waals surface area contributed by atoms with E-state index in [0.29, 0.717) is 0 Å². The van der Waals surface area contributed by atoms with Gasteiger partial charge in [-0.3, -0.25) is 0 Å². The minimum absolute atomic E-state index is 2.00. The van der Waals surface area contributed by atoms with Crippen molar-refractivity contribution >= 4 is 0 Å². The van der Waals surface area contributed by atoms with Crippen molar-refractivity contribution in [2.75, 3.05) is 0 Å². The van der Waals surface area contributed by atoms with Crippen molar-refractivity contribution in [3.63, 3.8) is 0 Å². The third kappa shape index (κ3) is 4.19. The number of hydrogen-bond donors (Lipinski definition) is 0. The number of halogens is 6. The average molecular weight is 227 g/mol. The van der Waals surface area contributed by atoms with E-state index in [0.717, 1.165) is 0 Å². The van der Waals surface area contributed by atoms with Gasteiger partial charge in [-0.1, -0.05) is 0 Å². The summed E-state index contributed by atoms with van der Waals surface area (Å²) in [5.74, 6) is 0. The van der Waals surface area contributed by atoms with E-state index in [-0.39, 0.29) is 0 Å². The molecule has 0 atom stereocenters. The van der Waals surface area contributed by atoms with Gasteiger partial charge in [0.2, 0.25) is 0 Å². The summed E-state index contributed by atoms with van der Waals surface area (Å²) in [7, 11) is 0. The molecule has 0 aliphatic heterocycles. The van der Waals surface area contributed by atoms with Gasteiger partial charge in [-0.15, -0.1) is 0 Å². The third-order valence-electron chi connectivity index (χ3n) is 0.721. The Morgan fingerprint density at radius 1 is 0.636 bits per heavy atom. The van der Waals surface area contributed by atoms with Crippen LogP contribution in [-0.2, 0) is 17.1 Å². The molecule has 0 N–H and O–H groups in total. The van der Waals surface area contributed by atoms with Crippen molar-refractivity contribution in [3.05, 3.63) is 21.0 Å². The van der Waals surface area contributed by atoms with E-state index in [1.807, 2.05) is 0 Å². The molecule has 0 aromatic heterocycles. The molecule has 0 aliphatic rings. The predicted molar refractivity (Wildman–Crippen MR) is 20.7 cm³/mol. The molecule has 0 amide bonds. The Morgan fingerprint density at radius 3 is 1.09 bits per heavy atom. The van der Waals surface area contributed by atoms with Crippen LogP contribution in [0.25, 0.3) is 0 Å². The van der Waals surface area contributed by atoms with Crippen LogP contribution in [0.1, 0.15) is 0 Å². The van der Waals surface area contributed by atoms with E-state index in [1.54, 1.807) is 0 Å². The maximum absolute atomic E-state index is 11.7. The molecule has 11 heavy (non-hydrogen) atoms. The van der Waals surface area contributed by atoms with Crippen LogP contribution in [0.15, 0.2) is 21.0 Å². The van der Waals surface area contributed by atoms with Gasteiger partial charge in [0.25, 0.3) is 0 Å². The molecule has 0 rings (SSSR count). The van der Waals surface area contributed by atoms with Crippen LogP contribution in [0.3, 0.4) is 0 Å². The molecule has 0 bridgehead atoms. The molecule has 7 heteroatoms. The van der Waals surface area contributed by atoms with E-state index in [2.05, 4.69) is 0 Å². The first kappa shape index (κ1) is 10.7. The zero-order valence-corrected chi connectivity index (χ0v) is 7.94. The molecule has 0 fully saturated rings. The number of hydrogen-bond acceptors (Lipinski definition) is 0. The quantitative estimate of drug-likeness (QED) is 0.502. The number of rotatable bonds is 2. The average Bonchev–Trinajstić information content (AvgIpc) is 1.87. The Hall–Kier alpha value is -0.317. The van der Waals surface area contributed by atoms with Crippen LogP contribution in [0.2, 0.25) is 0 Å². The van der Waals surface area contributed by atoms with Crippen molar-refractivity contribution in [3.8, 4) is 0 Å². The summed E-state index contributed by atoms with van der Waals surface area (Å²) in [5.41, 5.74) is 0. The molecule has 0 spiro atoms. The fourth-order valence-corrected chi connectivity index (χ4v) is 1.40. The second kappa shape index (κ2) is 4.54. The van der Waals surface area contributed by atoms with E-state index >= 15 is 0 Å². The Kier molecular flexibility index (Phi) is 4.41. The predicted octanol–water partition coefficient (Wildman–Crippen LogP) is 3.14. The monoisotopic (exact) mass is 226 g/mol. The molecule has 0 heterocycles. The van der Waals surface area contributed by atoms with E-state index in [9.17, 15) is 26.3 Å². The summed E-state index contributed by atoms with van der Waals surface area (Å²) >= 11 is -3.34. The van der Waals surface area contributed by atoms with Gasteiger partial charge >= 0.3 is 64.5 Å². The first-order chi connectivity index (χ1) is 4.95.